The number of thiazole rings is 1. The molecule has 0 saturated heterocycles. The number of nitrogens with zero attached hydrogens (tertiary/aromatic N) is 1. The molecule has 7 atom stereocenters. The summed E-state index contributed by atoms with van der Waals surface area (Å²) in [6.45, 7) is 4.98. The van der Waals surface area contributed by atoms with E-state index in [1.54, 1.807) is 16.9 Å². The third kappa shape index (κ3) is 5.50. The fourth-order valence-electron chi connectivity index (χ4n) is 7.74. The molecule has 0 amide bonds. The first-order valence-electron chi connectivity index (χ1n) is 14.1. The monoisotopic (exact) mass is 509 g/mol. The number of para-hydroxylation sites is 1. The second kappa shape index (κ2) is 11.1. The minimum atomic E-state index is -0.462. The molecule has 1 aromatic heterocycles. The Bertz CT molecular complexity index is 1060. The van der Waals surface area contributed by atoms with Crippen LogP contribution in [0.1, 0.15) is 95.6 Å². The molecule has 0 bridgehead atoms. The van der Waals surface area contributed by atoms with Crippen LogP contribution < -0.4 is 0 Å². The number of aliphatic hydroxyl groups excluding tert-OH is 3. The van der Waals surface area contributed by atoms with Crippen LogP contribution in [0.3, 0.4) is 0 Å². The van der Waals surface area contributed by atoms with E-state index in [0.29, 0.717) is 36.5 Å². The standard InChI is InChI=1S/C31H43NO3S/c1-20(7-5-10-28(35)30-32-27-9-3-4-11-29(27)36-30)25-14-15-26-22(8-6-16-31(25,26)2)13-12-21-17-23(33)19-24(34)18-21/h3-4,9,11-13,20,23-26,28,33-35H,5-8,10,14-19H2,1-2H3/b22-13+/t20-,23-,24-,25-,26+,28+,31-/m1/s1. The Balaban J connectivity index is 1.18. The molecule has 0 unspecified atom stereocenters. The average molecular weight is 510 g/mol. The molecule has 3 fully saturated rings. The van der Waals surface area contributed by atoms with Crippen molar-refractivity contribution in [1.29, 1.82) is 0 Å². The molecule has 3 saturated carbocycles. The van der Waals surface area contributed by atoms with Gasteiger partial charge in [-0.05, 0) is 93.1 Å². The third-order valence-corrected chi connectivity index (χ3v) is 10.7. The number of hydrogen-bond acceptors (Lipinski definition) is 5. The van der Waals surface area contributed by atoms with Gasteiger partial charge in [-0.25, -0.2) is 4.98 Å². The van der Waals surface area contributed by atoms with Crippen molar-refractivity contribution in [3.8, 4) is 0 Å². The molecular formula is C31H43NO3S. The Morgan fingerprint density at radius 1 is 1.11 bits per heavy atom. The van der Waals surface area contributed by atoms with E-state index >= 15 is 0 Å². The van der Waals surface area contributed by atoms with Crippen molar-refractivity contribution in [2.24, 2.45) is 23.2 Å². The minimum Gasteiger partial charge on any atom is -0.393 e. The zero-order chi connectivity index (χ0) is 25.3. The van der Waals surface area contributed by atoms with Crippen LogP contribution in [0.4, 0.5) is 0 Å². The summed E-state index contributed by atoms with van der Waals surface area (Å²) >= 11 is 1.62. The van der Waals surface area contributed by atoms with Gasteiger partial charge in [0.2, 0.25) is 0 Å². The summed E-state index contributed by atoms with van der Waals surface area (Å²) in [5.74, 6) is 2.04. The van der Waals surface area contributed by atoms with Crippen LogP contribution in [0, 0.1) is 23.2 Å². The second-order valence-electron chi connectivity index (χ2n) is 12.1. The SMILES string of the molecule is C[C@H](CCC[C@H](O)c1nc2ccccc2s1)[C@H]1CC[C@H]2/C(=C/C=C3C[C@@H](O)C[C@H](O)C3)CCC[C@]12C. The second-order valence-corrected chi connectivity index (χ2v) is 13.1. The predicted octanol–water partition coefficient (Wildman–Crippen LogP) is 7.11. The molecule has 4 nitrogen and oxygen atoms in total. The van der Waals surface area contributed by atoms with Crippen LogP contribution in [-0.2, 0) is 0 Å². The van der Waals surface area contributed by atoms with Gasteiger partial charge in [-0.1, -0.05) is 62.1 Å². The van der Waals surface area contributed by atoms with Crippen LogP contribution in [-0.4, -0.2) is 32.5 Å². The van der Waals surface area contributed by atoms with Gasteiger partial charge in [-0.2, -0.15) is 0 Å². The van der Waals surface area contributed by atoms with Gasteiger partial charge >= 0.3 is 0 Å². The molecule has 0 spiro atoms. The van der Waals surface area contributed by atoms with Crippen LogP contribution in [0.15, 0.2) is 47.6 Å². The van der Waals surface area contributed by atoms with Crippen molar-refractivity contribution in [3.63, 3.8) is 0 Å². The van der Waals surface area contributed by atoms with Gasteiger partial charge in [0.05, 0.1) is 22.4 Å². The molecule has 5 heteroatoms. The van der Waals surface area contributed by atoms with Crippen LogP contribution in [0.2, 0.25) is 0 Å². The summed E-state index contributed by atoms with van der Waals surface area (Å²) in [5.41, 5.74) is 4.13. The molecular weight excluding hydrogens is 466 g/mol. The Kier molecular flexibility index (Phi) is 8.02. The Morgan fingerprint density at radius 3 is 2.67 bits per heavy atom. The topological polar surface area (TPSA) is 73.6 Å². The van der Waals surface area contributed by atoms with Gasteiger partial charge in [0.25, 0.3) is 0 Å². The summed E-state index contributed by atoms with van der Waals surface area (Å²) in [4.78, 5) is 4.65. The molecule has 196 valence electrons. The van der Waals surface area contributed by atoms with Crippen LogP contribution >= 0.6 is 11.3 Å². The van der Waals surface area contributed by atoms with Crippen LogP contribution in [0.25, 0.3) is 10.2 Å². The van der Waals surface area contributed by atoms with Crippen molar-refractivity contribution in [2.45, 2.75) is 103 Å². The predicted molar refractivity (Wildman–Crippen MR) is 148 cm³/mol. The van der Waals surface area contributed by atoms with E-state index in [2.05, 4.69) is 37.0 Å². The van der Waals surface area contributed by atoms with Gasteiger partial charge < -0.3 is 15.3 Å². The molecule has 1 aromatic carbocycles. The van der Waals surface area contributed by atoms with Crippen LogP contribution in [0.5, 0.6) is 0 Å². The number of rotatable bonds is 7. The molecule has 36 heavy (non-hydrogen) atoms. The van der Waals surface area contributed by atoms with Crippen molar-refractivity contribution >= 4 is 21.6 Å². The smallest absolute Gasteiger partial charge is 0.122 e. The van der Waals surface area contributed by atoms with Crippen molar-refractivity contribution in [3.05, 3.63) is 52.6 Å². The third-order valence-electron chi connectivity index (χ3n) is 9.53. The number of aliphatic hydroxyl groups is 3. The molecule has 3 N–H and O–H groups in total. The van der Waals surface area contributed by atoms with E-state index in [0.717, 1.165) is 40.4 Å². The quantitative estimate of drug-likeness (QED) is 0.372. The van der Waals surface area contributed by atoms with E-state index in [4.69, 9.17) is 0 Å². The molecule has 0 radical (unpaired) electrons. The van der Waals surface area contributed by atoms with E-state index in [-0.39, 0.29) is 0 Å². The fraction of sp³-hybridized carbons (Fsp3) is 0.645. The molecule has 3 aliphatic carbocycles. The molecule has 5 rings (SSSR count). The van der Waals surface area contributed by atoms with Gasteiger partial charge in [0.1, 0.15) is 11.1 Å². The van der Waals surface area contributed by atoms with Gasteiger partial charge in [0.15, 0.2) is 0 Å². The minimum absolute atomic E-state index is 0.360. The van der Waals surface area contributed by atoms with E-state index in [9.17, 15) is 15.3 Å². The number of fused-ring (bicyclic) bond motifs is 2. The zero-order valence-electron chi connectivity index (χ0n) is 21.9. The fourth-order valence-corrected chi connectivity index (χ4v) is 8.72. The van der Waals surface area contributed by atoms with Gasteiger partial charge in [0, 0.05) is 0 Å². The maximum absolute atomic E-state index is 10.8. The highest BCUT2D eigenvalue weighted by molar-refractivity contribution is 7.18. The summed E-state index contributed by atoms with van der Waals surface area (Å²) in [5, 5.41) is 31.7. The van der Waals surface area contributed by atoms with Crippen molar-refractivity contribution in [1.82, 2.24) is 4.98 Å². The number of benzene rings is 1. The summed E-state index contributed by atoms with van der Waals surface area (Å²) < 4.78 is 1.15. The Morgan fingerprint density at radius 2 is 1.89 bits per heavy atom. The molecule has 2 aromatic rings. The normalized spacial score (nSPS) is 33.6. The Labute approximate surface area is 220 Å². The number of hydrogen-bond donors (Lipinski definition) is 3. The summed E-state index contributed by atoms with van der Waals surface area (Å²) in [6, 6.07) is 8.13. The maximum atomic E-state index is 10.8. The highest BCUT2D eigenvalue weighted by Gasteiger charge is 2.50. The first kappa shape index (κ1) is 26.1. The van der Waals surface area contributed by atoms with Gasteiger partial charge in [-0.3, -0.25) is 0 Å². The van der Waals surface area contributed by atoms with Crippen molar-refractivity contribution in [2.75, 3.05) is 0 Å². The maximum Gasteiger partial charge on any atom is 0.122 e. The lowest BCUT2D eigenvalue weighted by atomic mass is 9.60. The lowest BCUT2D eigenvalue weighted by Gasteiger charge is -2.44. The first-order chi connectivity index (χ1) is 17.3. The summed E-state index contributed by atoms with van der Waals surface area (Å²) in [6.07, 6.45) is 14.5. The zero-order valence-corrected chi connectivity index (χ0v) is 22.7. The largest absolute Gasteiger partial charge is 0.393 e. The van der Waals surface area contributed by atoms with E-state index in [1.165, 1.54) is 37.7 Å². The number of allylic oxidation sites excluding steroid dienone is 3. The van der Waals surface area contributed by atoms with E-state index in [1.807, 2.05) is 18.2 Å². The highest BCUT2D eigenvalue weighted by Crippen LogP contribution is 2.60. The molecule has 0 aliphatic heterocycles. The highest BCUT2D eigenvalue weighted by atomic mass is 32.1. The summed E-state index contributed by atoms with van der Waals surface area (Å²) in [7, 11) is 0. The Hall–Kier alpha value is -1.53. The van der Waals surface area contributed by atoms with Gasteiger partial charge in [-0.15, -0.1) is 11.3 Å². The lowest BCUT2D eigenvalue weighted by molar-refractivity contribution is 0.0609. The average Bonchev–Trinajstić information content (AvgIpc) is 3.43. The molecule has 1 heterocycles. The number of aromatic nitrogens is 1. The van der Waals surface area contributed by atoms with Crippen molar-refractivity contribution < 1.29 is 15.3 Å². The lowest BCUT2D eigenvalue weighted by Crippen LogP contribution is -2.36. The first-order valence-corrected chi connectivity index (χ1v) is 14.9. The van der Waals surface area contributed by atoms with E-state index < -0.39 is 18.3 Å². The molecule has 3 aliphatic rings.